The molecule has 0 unspecified atom stereocenters. The molecule has 6 nitrogen and oxygen atoms in total. The number of carbonyl (C=O) groups is 2. The van der Waals surface area contributed by atoms with Crippen LogP contribution in [0.2, 0.25) is 0 Å². The Morgan fingerprint density at radius 2 is 1.31 bits per heavy atom. The molecule has 0 bridgehead atoms. The minimum absolute atomic E-state index is 0.193. The zero-order chi connectivity index (χ0) is 24.8. The number of benzene rings is 4. The molecule has 6 aromatic rings. The van der Waals surface area contributed by atoms with Gasteiger partial charge in [-0.3, -0.25) is 14.4 Å². The molecule has 0 spiro atoms. The Hall–Kier alpha value is -4.68. The van der Waals surface area contributed by atoms with Crippen LogP contribution in [-0.2, 0) is 4.84 Å². The van der Waals surface area contributed by atoms with Gasteiger partial charge in [-0.1, -0.05) is 54.6 Å². The minimum Gasteiger partial charge on any atom is -0.289 e. The van der Waals surface area contributed by atoms with Crippen molar-refractivity contribution in [3.8, 4) is 0 Å². The molecule has 6 heteroatoms. The van der Waals surface area contributed by atoms with E-state index in [1.165, 1.54) is 7.11 Å². The Morgan fingerprint density at radius 3 is 2.11 bits per heavy atom. The maximum atomic E-state index is 14.4. The summed E-state index contributed by atoms with van der Waals surface area (Å²) in [6.45, 7) is 0. The predicted octanol–water partition coefficient (Wildman–Crippen LogP) is 5.95. The van der Waals surface area contributed by atoms with Crippen molar-refractivity contribution in [1.82, 2.24) is 15.0 Å². The lowest BCUT2D eigenvalue weighted by Crippen LogP contribution is -2.26. The standard InChI is InChI=1S/C30H21N3O3/c1-33(36-2)30(35)21-12-8-16-26-27(21)28(20-10-4-6-14-24(20)32-26)29(34)19-11-7-15-25-22(19)17-18-9-3-5-13-23(18)31-25/h3-17H,1-2H3. The molecule has 2 heterocycles. The Labute approximate surface area is 206 Å². The number of para-hydroxylation sites is 2. The topological polar surface area (TPSA) is 72.4 Å². The van der Waals surface area contributed by atoms with Crippen molar-refractivity contribution >= 4 is 55.3 Å². The number of carbonyl (C=O) groups excluding carboxylic acids is 2. The lowest BCUT2D eigenvalue weighted by molar-refractivity contribution is -0.0755. The van der Waals surface area contributed by atoms with E-state index in [9.17, 15) is 9.59 Å². The van der Waals surface area contributed by atoms with Crippen molar-refractivity contribution in [3.05, 3.63) is 108 Å². The Balaban J connectivity index is 1.70. The molecule has 1 amide bonds. The SMILES string of the molecule is CON(C)C(=O)c1cccc2nc3ccccc3c(C(=O)c3cccc4nc5ccccc5cc34)c12. The van der Waals surface area contributed by atoms with Gasteiger partial charge in [0.15, 0.2) is 5.78 Å². The first-order valence-electron chi connectivity index (χ1n) is 11.5. The van der Waals surface area contributed by atoms with Crippen LogP contribution in [0.4, 0.5) is 0 Å². The number of amides is 1. The van der Waals surface area contributed by atoms with Crippen LogP contribution >= 0.6 is 0 Å². The van der Waals surface area contributed by atoms with Gasteiger partial charge in [0.25, 0.3) is 5.91 Å². The number of hydroxylamine groups is 2. The summed E-state index contributed by atoms with van der Waals surface area (Å²) in [5.41, 5.74) is 4.15. The highest BCUT2D eigenvalue weighted by Crippen LogP contribution is 2.33. The van der Waals surface area contributed by atoms with Gasteiger partial charge in [-0.2, -0.15) is 0 Å². The molecule has 2 aromatic heterocycles. The second-order valence-corrected chi connectivity index (χ2v) is 8.57. The number of hydrogen-bond donors (Lipinski definition) is 0. The van der Waals surface area contributed by atoms with Gasteiger partial charge in [0.1, 0.15) is 0 Å². The summed E-state index contributed by atoms with van der Waals surface area (Å²) in [4.78, 5) is 42.4. The van der Waals surface area contributed by atoms with Crippen molar-refractivity contribution in [2.75, 3.05) is 14.2 Å². The van der Waals surface area contributed by atoms with E-state index >= 15 is 0 Å². The zero-order valence-corrected chi connectivity index (χ0v) is 19.7. The zero-order valence-electron chi connectivity index (χ0n) is 19.7. The largest absolute Gasteiger partial charge is 0.289 e. The first kappa shape index (κ1) is 21.8. The van der Waals surface area contributed by atoms with Gasteiger partial charge in [-0.25, -0.2) is 15.0 Å². The summed E-state index contributed by atoms with van der Waals surface area (Å²) in [5, 5.41) is 4.04. The van der Waals surface area contributed by atoms with Crippen LogP contribution in [0.3, 0.4) is 0 Å². The van der Waals surface area contributed by atoms with Gasteiger partial charge in [0.2, 0.25) is 0 Å². The molecular formula is C30H21N3O3. The monoisotopic (exact) mass is 471 g/mol. The number of ketones is 1. The molecule has 0 saturated heterocycles. The van der Waals surface area contributed by atoms with Crippen molar-refractivity contribution in [2.24, 2.45) is 0 Å². The van der Waals surface area contributed by atoms with E-state index < -0.39 is 0 Å². The Bertz CT molecular complexity index is 1850. The Morgan fingerprint density at radius 1 is 0.694 bits per heavy atom. The lowest BCUT2D eigenvalue weighted by atomic mass is 9.91. The molecule has 6 rings (SSSR count). The van der Waals surface area contributed by atoms with E-state index in [0.717, 1.165) is 26.9 Å². The van der Waals surface area contributed by atoms with Crippen molar-refractivity contribution in [1.29, 1.82) is 0 Å². The van der Waals surface area contributed by atoms with E-state index in [-0.39, 0.29) is 11.7 Å². The fourth-order valence-corrected chi connectivity index (χ4v) is 4.74. The summed E-state index contributed by atoms with van der Waals surface area (Å²) in [7, 11) is 2.97. The van der Waals surface area contributed by atoms with Gasteiger partial charge >= 0.3 is 0 Å². The highest BCUT2D eigenvalue weighted by molar-refractivity contribution is 6.29. The first-order valence-corrected chi connectivity index (χ1v) is 11.5. The summed E-state index contributed by atoms with van der Waals surface area (Å²) in [6, 6.07) is 28.2. The van der Waals surface area contributed by atoms with Gasteiger partial charge < -0.3 is 0 Å². The summed E-state index contributed by atoms with van der Waals surface area (Å²) in [6.07, 6.45) is 0. The van der Waals surface area contributed by atoms with E-state index in [0.29, 0.717) is 38.5 Å². The molecule has 0 aliphatic heterocycles. The predicted molar refractivity (Wildman–Crippen MR) is 141 cm³/mol. The summed E-state index contributed by atoms with van der Waals surface area (Å²) >= 11 is 0. The lowest BCUT2D eigenvalue weighted by Gasteiger charge is -2.18. The van der Waals surface area contributed by atoms with Gasteiger partial charge in [0.05, 0.1) is 34.7 Å². The third kappa shape index (κ3) is 3.39. The van der Waals surface area contributed by atoms with Gasteiger partial charge in [-0.05, 0) is 36.4 Å². The Kier molecular flexibility index (Phi) is 5.16. The number of pyridine rings is 2. The van der Waals surface area contributed by atoms with Crippen LogP contribution in [0.15, 0.2) is 91.0 Å². The van der Waals surface area contributed by atoms with Crippen LogP contribution in [0.1, 0.15) is 26.3 Å². The highest BCUT2D eigenvalue weighted by atomic mass is 16.7. The molecule has 0 saturated carbocycles. The fourth-order valence-electron chi connectivity index (χ4n) is 4.74. The smallest absolute Gasteiger partial charge is 0.277 e. The molecule has 0 aliphatic carbocycles. The third-order valence-corrected chi connectivity index (χ3v) is 6.53. The van der Waals surface area contributed by atoms with E-state index in [1.807, 2.05) is 78.9 Å². The average molecular weight is 472 g/mol. The number of aromatic nitrogens is 2. The highest BCUT2D eigenvalue weighted by Gasteiger charge is 2.25. The summed E-state index contributed by atoms with van der Waals surface area (Å²) < 4.78 is 0. The maximum Gasteiger partial charge on any atom is 0.277 e. The fraction of sp³-hybridized carbons (Fsp3) is 0.0667. The average Bonchev–Trinajstić information content (AvgIpc) is 2.92. The third-order valence-electron chi connectivity index (χ3n) is 6.53. The molecule has 4 aromatic carbocycles. The molecule has 36 heavy (non-hydrogen) atoms. The van der Waals surface area contributed by atoms with Crippen molar-refractivity contribution < 1.29 is 14.4 Å². The van der Waals surface area contributed by atoms with Crippen LogP contribution < -0.4 is 0 Å². The first-order chi connectivity index (χ1) is 17.6. The van der Waals surface area contributed by atoms with Crippen LogP contribution in [0.25, 0.3) is 43.6 Å². The van der Waals surface area contributed by atoms with Crippen molar-refractivity contribution in [3.63, 3.8) is 0 Å². The molecule has 0 N–H and O–H groups in total. The van der Waals surface area contributed by atoms with E-state index in [1.54, 1.807) is 19.2 Å². The maximum absolute atomic E-state index is 14.4. The molecule has 174 valence electrons. The van der Waals surface area contributed by atoms with Crippen LogP contribution in [0.5, 0.6) is 0 Å². The molecule has 0 fully saturated rings. The minimum atomic E-state index is -0.361. The molecule has 0 atom stereocenters. The quantitative estimate of drug-likeness (QED) is 0.180. The van der Waals surface area contributed by atoms with Crippen molar-refractivity contribution in [2.45, 2.75) is 0 Å². The number of hydrogen-bond acceptors (Lipinski definition) is 5. The summed E-state index contributed by atoms with van der Waals surface area (Å²) in [5.74, 6) is -0.554. The van der Waals surface area contributed by atoms with E-state index in [4.69, 9.17) is 14.8 Å². The van der Waals surface area contributed by atoms with Gasteiger partial charge in [0, 0.05) is 39.7 Å². The molecular weight excluding hydrogens is 450 g/mol. The van der Waals surface area contributed by atoms with Gasteiger partial charge in [-0.15, -0.1) is 0 Å². The second kappa shape index (κ2) is 8.52. The number of rotatable bonds is 4. The number of nitrogens with zero attached hydrogens (tertiary/aromatic N) is 3. The van der Waals surface area contributed by atoms with Crippen LogP contribution in [0, 0.1) is 0 Å². The van der Waals surface area contributed by atoms with Crippen LogP contribution in [-0.4, -0.2) is 40.9 Å². The molecule has 0 radical (unpaired) electrons. The normalized spacial score (nSPS) is 11.4. The number of fused-ring (bicyclic) bond motifs is 4. The van der Waals surface area contributed by atoms with E-state index in [2.05, 4.69) is 0 Å². The molecule has 0 aliphatic rings. The second-order valence-electron chi connectivity index (χ2n) is 8.57.